The van der Waals surface area contributed by atoms with Crippen LogP contribution in [-0.4, -0.2) is 44.7 Å². The number of hydrogen-bond acceptors (Lipinski definition) is 4. The molecule has 0 aromatic heterocycles. The van der Waals surface area contributed by atoms with E-state index in [1.807, 2.05) is 61.3 Å². The highest BCUT2D eigenvalue weighted by Gasteiger charge is 2.10. The molecular weight excluding hydrogens is 384 g/mol. The van der Waals surface area contributed by atoms with Gasteiger partial charge in [0.2, 0.25) is 5.91 Å². The molecule has 0 atom stereocenters. The predicted molar refractivity (Wildman–Crippen MR) is 103 cm³/mol. The number of nitrogens with one attached hydrogen (secondary N) is 1. The summed E-state index contributed by atoms with van der Waals surface area (Å²) < 4.78 is 12.0. The van der Waals surface area contributed by atoms with Crippen LogP contribution in [0.4, 0.5) is 5.69 Å². The predicted octanol–water partition coefficient (Wildman–Crippen LogP) is 3.72. The Hall–Kier alpha value is -2.05. The van der Waals surface area contributed by atoms with Crippen molar-refractivity contribution in [3.63, 3.8) is 0 Å². The highest BCUT2D eigenvalue weighted by Crippen LogP contribution is 2.25. The highest BCUT2D eigenvalue weighted by molar-refractivity contribution is 9.10. The van der Waals surface area contributed by atoms with Crippen molar-refractivity contribution in [2.75, 3.05) is 39.2 Å². The van der Waals surface area contributed by atoms with E-state index in [2.05, 4.69) is 21.2 Å². The fourth-order valence-corrected chi connectivity index (χ4v) is 2.55. The lowest BCUT2D eigenvalue weighted by molar-refractivity contribution is -0.117. The summed E-state index contributed by atoms with van der Waals surface area (Å²) in [5.74, 6) is 1.38. The van der Waals surface area contributed by atoms with Crippen LogP contribution < -0.4 is 14.8 Å². The first kappa shape index (κ1) is 19.3. The molecule has 0 aliphatic carbocycles. The largest absolute Gasteiger partial charge is 0.495 e. The van der Waals surface area contributed by atoms with Crippen LogP contribution in [0.3, 0.4) is 0 Å². The second-order valence-corrected chi connectivity index (χ2v) is 6.71. The highest BCUT2D eigenvalue weighted by atomic mass is 79.9. The van der Waals surface area contributed by atoms with E-state index in [1.54, 1.807) is 7.11 Å². The minimum absolute atomic E-state index is 0.0879. The molecule has 2 aromatic carbocycles. The van der Waals surface area contributed by atoms with E-state index in [4.69, 9.17) is 9.47 Å². The SMILES string of the molecule is COc1ccc(C)cc1NC(=O)CN(C)CCOc1ccc(Br)cc1. The number of carbonyl (C=O) groups is 1. The lowest BCUT2D eigenvalue weighted by atomic mass is 10.2. The monoisotopic (exact) mass is 406 g/mol. The number of hydrogen-bond donors (Lipinski definition) is 1. The number of rotatable bonds is 8. The van der Waals surface area contributed by atoms with Crippen molar-refractivity contribution in [2.45, 2.75) is 6.92 Å². The third kappa shape index (κ3) is 6.40. The second-order valence-electron chi connectivity index (χ2n) is 5.79. The second kappa shape index (κ2) is 9.44. The molecular formula is C19H23BrN2O3. The van der Waals surface area contributed by atoms with E-state index >= 15 is 0 Å². The van der Waals surface area contributed by atoms with Crippen LogP contribution in [0.5, 0.6) is 11.5 Å². The number of halogens is 1. The van der Waals surface area contributed by atoms with E-state index < -0.39 is 0 Å². The normalized spacial score (nSPS) is 10.6. The van der Waals surface area contributed by atoms with Crippen molar-refractivity contribution in [3.8, 4) is 11.5 Å². The molecule has 0 fully saturated rings. The summed E-state index contributed by atoms with van der Waals surface area (Å²) in [6.45, 7) is 3.41. The molecule has 0 radical (unpaired) electrons. The van der Waals surface area contributed by atoms with Crippen molar-refractivity contribution >= 4 is 27.5 Å². The van der Waals surface area contributed by atoms with Gasteiger partial charge >= 0.3 is 0 Å². The van der Waals surface area contributed by atoms with Gasteiger partial charge in [-0.2, -0.15) is 0 Å². The van der Waals surface area contributed by atoms with Crippen LogP contribution in [-0.2, 0) is 4.79 Å². The summed E-state index contributed by atoms with van der Waals surface area (Å²) >= 11 is 3.39. The molecule has 1 N–H and O–H groups in total. The van der Waals surface area contributed by atoms with E-state index in [0.717, 1.165) is 15.8 Å². The maximum Gasteiger partial charge on any atom is 0.238 e. The first-order chi connectivity index (χ1) is 12.0. The Morgan fingerprint density at radius 3 is 2.60 bits per heavy atom. The van der Waals surface area contributed by atoms with Crippen LogP contribution in [0.2, 0.25) is 0 Å². The molecule has 1 amide bonds. The molecule has 0 spiro atoms. The van der Waals surface area contributed by atoms with Gasteiger partial charge < -0.3 is 14.8 Å². The number of anilines is 1. The van der Waals surface area contributed by atoms with Gasteiger partial charge in [-0.15, -0.1) is 0 Å². The standard InChI is InChI=1S/C19H23BrN2O3/c1-14-4-9-18(24-3)17(12-14)21-19(23)13-22(2)10-11-25-16-7-5-15(20)6-8-16/h4-9,12H,10-11,13H2,1-3H3,(H,21,23). The molecule has 0 aliphatic heterocycles. The number of likely N-dealkylation sites (N-methyl/N-ethyl adjacent to an activating group) is 1. The Kier molecular flexibility index (Phi) is 7.28. The molecule has 0 saturated heterocycles. The van der Waals surface area contributed by atoms with E-state index in [1.165, 1.54) is 0 Å². The van der Waals surface area contributed by atoms with E-state index in [0.29, 0.717) is 24.6 Å². The summed E-state index contributed by atoms with van der Waals surface area (Å²) in [5.41, 5.74) is 1.75. The Morgan fingerprint density at radius 1 is 1.20 bits per heavy atom. The minimum Gasteiger partial charge on any atom is -0.495 e. The maximum absolute atomic E-state index is 12.2. The van der Waals surface area contributed by atoms with Crippen LogP contribution in [0.25, 0.3) is 0 Å². The molecule has 5 nitrogen and oxygen atoms in total. The molecule has 2 rings (SSSR count). The first-order valence-corrected chi connectivity index (χ1v) is 8.78. The van der Waals surface area contributed by atoms with Gasteiger partial charge in [0.25, 0.3) is 0 Å². The Bertz CT molecular complexity index is 704. The zero-order chi connectivity index (χ0) is 18.2. The third-order valence-corrected chi connectivity index (χ3v) is 4.13. The van der Waals surface area contributed by atoms with Gasteiger partial charge in [0.05, 0.1) is 19.3 Å². The Labute approximate surface area is 157 Å². The summed E-state index contributed by atoms with van der Waals surface area (Å²) in [4.78, 5) is 14.1. The smallest absolute Gasteiger partial charge is 0.238 e. The Balaban J connectivity index is 1.78. The molecule has 25 heavy (non-hydrogen) atoms. The van der Waals surface area contributed by atoms with Crippen molar-refractivity contribution in [1.29, 1.82) is 0 Å². The van der Waals surface area contributed by atoms with Crippen LogP contribution >= 0.6 is 15.9 Å². The van der Waals surface area contributed by atoms with E-state index in [-0.39, 0.29) is 12.5 Å². The molecule has 0 heterocycles. The van der Waals surface area contributed by atoms with E-state index in [9.17, 15) is 4.79 Å². The summed E-state index contributed by atoms with van der Waals surface area (Å²) in [7, 11) is 3.48. The number of aryl methyl sites for hydroxylation is 1. The molecule has 0 bridgehead atoms. The lowest BCUT2D eigenvalue weighted by Crippen LogP contribution is -2.33. The third-order valence-electron chi connectivity index (χ3n) is 3.60. The van der Waals surface area contributed by atoms with Crippen LogP contribution in [0.1, 0.15) is 5.56 Å². The number of amides is 1. The van der Waals surface area contributed by atoms with Crippen LogP contribution in [0, 0.1) is 6.92 Å². The fourth-order valence-electron chi connectivity index (χ4n) is 2.28. The number of nitrogens with zero attached hydrogens (tertiary/aromatic N) is 1. The summed E-state index contributed by atoms with van der Waals surface area (Å²) in [6.07, 6.45) is 0. The van der Waals surface area contributed by atoms with Crippen molar-refractivity contribution in [3.05, 3.63) is 52.5 Å². The zero-order valence-corrected chi connectivity index (χ0v) is 16.3. The average molecular weight is 407 g/mol. The molecule has 0 saturated carbocycles. The van der Waals surface area contributed by atoms with Gasteiger partial charge in [-0.3, -0.25) is 9.69 Å². The molecule has 2 aromatic rings. The minimum atomic E-state index is -0.0879. The molecule has 0 aliphatic rings. The summed E-state index contributed by atoms with van der Waals surface area (Å²) in [5, 5.41) is 2.90. The number of methoxy groups -OCH3 is 1. The number of ether oxygens (including phenoxy) is 2. The maximum atomic E-state index is 12.2. The van der Waals surface area contributed by atoms with Gasteiger partial charge in [-0.05, 0) is 55.9 Å². The van der Waals surface area contributed by atoms with Crippen molar-refractivity contribution < 1.29 is 14.3 Å². The molecule has 6 heteroatoms. The zero-order valence-electron chi connectivity index (χ0n) is 14.7. The lowest BCUT2D eigenvalue weighted by Gasteiger charge is -2.17. The number of carbonyl (C=O) groups excluding carboxylic acids is 1. The van der Waals surface area contributed by atoms with Gasteiger partial charge in [0, 0.05) is 11.0 Å². The Morgan fingerprint density at radius 2 is 1.92 bits per heavy atom. The van der Waals surface area contributed by atoms with Gasteiger partial charge in [-0.1, -0.05) is 22.0 Å². The van der Waals surface area contributed by atoms with Gasteiger partial charge in [0.15, 0.2) is 0 Å². The average Bonchev–Trinajstić information content (AvgIpc) is 2.57. The summed E-state index contributed by atoms with van der Waals surface area (Å²) in [6, 6.07) is 13.4. The quantitative estimate of drug-likeness (QED) is 0.725. The first-order valence-electron chi connectivity index (χ1n) is 7.99. The number of benzene rings is 2. The van der Waals surface area contributed by atoms with Crippen molar-refractivity contribution in [2.24, 2.45) is 0 Å². The topological polar surface area (TPSA) is 50.8 Å². The van der Waals surface area contributed by atoms with Crippen molar-refractivity contribution in [1.82, 2.24) is 4.90 Å². The fraction of sp³-hybridized carbons (Fsp3) is 0.316. The molecule has 134 valence electrons. The molecule has 0 unspecified atom stereocenters. The van der Waals surface area contributed by atoms with Gasteiger partial charge in [0.1, 0.15) is 18.1 Å². The van der Waals surface area contributed by atoms with Gasteiger partial charge in [-0.25, -0.2) is 0 Å². The van der Waals surface area contributed by atoms with Crippen LogP contribution in [0.15, 0.2) is 46.9 Å².